The zero-order valence-electron chi connectivity index (χ0n) is 11.6. The lowest BCUT2D eigenvalue weighted by molar-refractivity contribution is 0.101. The molecule has 2 aromatic rings. The summed E-state index contributed by atoms with van der Waals surface area (Å²) in [6.45, 7) is 4.80. The molecule has 21 heavy (non-hydrogen) atoms. The number of benzene rings is 1. The van der Waals surface area contributed by atoms with Crippen LogP contribution in [0.5, 0.6) is 0 Å². The fraction of sp³-hybridized carbons (Fsp3) is 0.286. The maximum Gasteiger partial charge on any atom is 0.238 e. The smallest absolute Gasteiger partial charge is 0.238 e. The van der Waals surface area contributed by atoms with Crippen molar-refractivity contribution < 1.29 is 9.35 Å². The van der Waals surface area contributed by atoms with Crippen LogP contribution in [0.25, 0.3) is 10.9 Å². The summed E-state index contributed by atoms with van der Waals surface area (Å²) >= 11 is 7.92. The second kappa shape index (κ2) is 6.12. The zero-order valence-corrected chi connectivity index (χ0v) is 14.8. The molecule has 0 saturated heterocycles. The second-order valence-electron chi connectivity index (χ2n) is 4.84. The molecule has 0 spiro atoms. The number of hydrogen-bond acceptors (Lipinski definition) is 3. The van der Waals surface area contributed by atoms with Gasteiger partial charge in [-0.25, -0.2) is 0 Å². The van der Waals surface area contributed by atoms with E-state index in [-0.39, 0.29) is 26.2 Å². The fourth-order valence-electron chi connectivity index (χ4n) is 2.01. The van der Waals surface area contributed by atoms with Gasteiger partial charge in [0, 0.05) is 15.6 Å². The van der Waals surface area contributed by atoms with Gasteiger partial charge in [-0.05, 0) is 48.8 Å². The van der Waals surface area contributed by atoms with Gasteiger partial charge in [-0.15, -0.1) is 0 Å². The Morgan fingerprint density at radius 3 is 2.57 bits per heavy atom. The monoisotopic (exact) mass is 389 g/mol. The van der Waals surface area contributed by atoms with Crippen LogP contribution in [-0.4, -0.2) is 20.6 Å². The number of nitrogens with one attached hydrogen (secondary N) is 1. The summed E-state index contributed by atoms with van der Waals surface area (Å²) in [6, 6.07) is 3.27. The molecule has 0 fully saturated rings. The molecular formula is C14H13BrClNO3S. The third kappa shape index (κ3) is 2.90. The number of fused-ring (bicyclic) bond motifs is 1. The summed E-state index contributed by atoms with van der Waals surface area (Å²) in [6.07, 6.45) is 0. The first-order valence-electron chi connectivity index (χ1n) is 6.21. The molecule has 0 aliphatic rings. The summed E-state index contributed by atoms with van der Waals surface area (Å²) in [4.78, 5) is 27.4. The highest BCUT2D eigenvalue weighted by Gasteiger charge is 2.28. The number of rotatable bonds is 3. The van der Waals surface area contributed by atoms with Crippen molar-refractivity contribution in [1.29, 1.82) is 0 Å². The number of ketones is 1. The molecule has 0 amide bonds. The largest absolute Gasteiger partial charge is 0.610 e. The SMILES string of the molecule is CC(=O)c1c([S+]([O-])C(C)C)[nH]c2c(Br)ccc(Cl)c2c1=O. The van der Waals surface area contributed by atoms with E-state index in [1.807, 2.05) is 0 Å². The normalized spacial score (nSPS) is 12.9. The first kappa shape index (κ1) is 16.5. The second-order valence-corrected chi connectivity index (χ2v) is 8.05. The molecule has 0 aliphatic carbocycles. The Labute approximate surface area is 138 Å². The number of Topliss-reactive ketones (excluding diaryl/α,β-unsaturated/α-hetero) is 1. The maximum absolute atomic E-state index is 12.6. The van der Waals surface area contributed by atoms with Gasteiger partial charge in [0.05, 0.1) is 15.9 Å². The van der Waals surface area contributed by atoms with E-state index in [1.54, 1.807) is 26.0 Å². The van der Waals surface area contributed by atoms with Crippen LogP contribution in [0, 0.1) is 0 Å². The Hall–Kier alpha value is -0.820. The minimum absolute atomic E-state index is 0.0884. The fourth-order valence-corrected chi connectivity index (χ4v) is 3.79. The molecule has 4 nitrogen and oxygen atoms in total. The number of H-pyrrole nitrogens is 1. The van der Waals surface area contributed by atoms with Gasteiger partial charge < -0.3 is 9.54 Å². The number of aromatic amines is 1. The Kier molecular flexibility index (Phi) is 4.82. The minimum atomic E-state index is -1.49. The summed E-state index contributed by atoms with van der Waals surface area (Å²) < 4.78 is 13.0. The molecule has 0 aliphatic heterocycles. The van der Waals surface area contributed by atoms with E-state index < -0.39 is 22.4 Å². The van der Waals surface area contributed by atoms with Crippen LogP contribution in [-0.2, 0) is 11.2 Å². The molecule has 2 rings (SSSR count). The third-order valence-electron chi connectivity index (χ3n) is 3.00. The van der Waals surface area contributed by atoms with Crippen LogP contribution in [0.4, 0.5) is 0 Å². The van der Waals surface area contributed by atoms with Gasteiger partial charge in [0.2, 0.25) is 10.5 Å². The molecule has 1 aromatic heterocycles. The first-order valence-corrected chi connectivity index (χ1v) is 8.59. The zero-order chi connectivity index (χ0) is 15.9. The van der Waals surface area contributed by atoms with E-state index in [0.29, 0.717) is 9.99 Å². The highest BCUT2D eigenvalue weighted by atomic mass is 79.9. The molecule has 1 heterocycles. The Morgan fingerprint density at radius 2 is 2.05 bits per heavy atom. The summed E-state index contributed by atoms with van der Waals surface area (Å²) in [5, 5.41) is 0.395. The average Bonchev–Trinajstić information content (AvgIpc) is 2.40. The molecule has 1 unspecified atom stereocenters. The van der Waals surface area contributed by atoms with Crippen molar-refractivity contribution in [3.8, 4) is 0 Å². The van der Waals surface area contributed by atoms with E-state index >= 15 is 0 Å². The van der Waals surface area contributed by atoms with E-state index in [2.05, 4.69) is 20.9 Å². The molecule has 0 saturated carbocycles. The number of pyridine rings is 1. The summed E-state index contributed by atoms with van der Waals surface area (Å²) in [5.74, 6) is -0.432. The molecule has 0 bridgehead atoms. The third-order valence-corrected chi connectivity index (χ3v) is 5.55. The first-order chi connectivity index (χ1) is 9.75. The van der Waals surface area contributed by atoms with E-state index in [4.69, 9.17) is 11.6 Å². The Bertz CT molecular complexity index is 788. The predicted molar refractivity (Wildman–Crippen MR) is 88.8 cm³/mol. The highest BCUT2D eigenvalue weighted by Crippen LogP contribution is 2.29. The van der Waals surface area contributed by atoms with Gasteiger partial charge in [0.25, 0.3) is 0 Å². The van der Waals surface area contributed by atoms with Crippen molar-refractivity contribution in [1.82, 2.24) is 4.98 Å². The van der Waals surface area contributed by atoms with Crippen LogP contribution in [0.1, 0.15) is 31.1 Å². The maximum atomic E-state index is 12.6. The van der Waals surface area contributed by atoms with Gasteiger partial charge >= 0.3 is 0 Å². The molecule has 1 atom stereocenters. The van der Waals surface area contributed by atoms with Crippen LogP contribution in [0.15, 0.2) is 26.4 Å². The molecule has 1 aromatic carbocycles. The van der Waals surface area contributed by atoms with Gasteiger partial charge in [0.15, 0.2) is 5.78 Å². The molecule has 112 valence electrons. The summed E-state index contributed by atoms with van der Waals surface area (Å²) in [7, 11) is 0. The van der Waals surface area contributed by atoms with Crippen molar-refractivity contribution in [3.05, 3.63) is 37.4 Å². The van der Waals surface area contributed by atoms with Gasteiger partial charge in [0.1, 0.15) is 10.8 Å². The number of carbonyl (C=O) groups is 1. The number of hydrogen-bond donors (Lipinski definition) is 1. The van der Waals surface area contributed by atoms with Crippen molar-refractivity contribution in [3.63, 3.8) is 0 Å². The Morgan fingerprint density at radius 1 is 1.43 bits per heavy atom. The highest BCUT2D eigenvalue weighted by molar-refractivity contribution is 9.10. The molecule has 7 heteroatoms. The Balaban J connectivity index is 2.99. The van der Waals surface area contributed by atoms with E-state index in [1.165, 1.54) is 6.92 Å². The predicted octanol–water partition coefficient (Wildman–Crippen LogP) is 3.66. The number of carbonyl (C=O) groups excluding carboxylic acids is 1. The molecular weight excluding hydrogens is 378 g/mol. The quantitative estimate of drug-likeness (QED) is 0.642. The van der Waals surface area contributed by atoms with Crippen molar-refractivity contribution in [2.45, 2.75) is 31.0 Å². The van der Waals surface area contributed by atoms with Crippen molar-refractivity contribution in [2.75, 3.05) is 0 Å². The van der Waals surface area contributed by atoms with Gasteiger partial charge in [-0.2, -0.15) is 0 Å². The van der Waals surface area contributed by atoms with Gasteiger partial charge in [-0.3, -0.25) is 9.59 Å². The van der Waals surface area contributed by atoms with Crippen LogP contribution >= 0.6 is 27.5 Å². The molecule has 0 radical (unpaired) electrons. The van der Waals surface area contributed by atoms with Crippen molar-refractivity contribution in [2.24, 2.45) is 0 Å². The number of aromatic nitrogens is 1. The van der Waals surface area contributed by atoms with E-state index in [9.17, 15) is 14.1 Å². The van der Waals surface area contributed by atoms with Crippen LogP contribution in [0.3, 0.4) is 0 Å². The van der Waals surface area contributed by atoms with Crippen LogP contribution < -0.4 is 5.43 Å². The average molecular weight is 391 g/mol. The number of halogens is 2. The van der Waals surface area contributed by atoms with Crippen molar-refractivity contribution >= 4 is 55.4 Å². The standard InChI is InChI=1S/C14H13BrClNO3S/c1-6(2)21(20)14-10(7(3)18)13(19)11-9(16)5-4-8(15)12(11)17-14/h4-6H,1-3H3,(H,17,19). The molecule has 1 N–H and O–H groups in total. The lowest BCUT2D eigenvalue weighted by atomic mass is 10.1. The lowest BCUT2D eigenvalue weighted by Gasteiger charge is -2.17. The van der Waals surface area contributed by atoms with E-state index in [0.717, 1.165) is 0 Å². The minimum Gasteiger partial charge on any atom is -0.610 e. The lowest BCUT2D eigenvalue weighted by Crippen LogP contribution is -2.25. The topological polar surface area (TPSA) is 73.0 Å². The van der Waals surface area contributed by atoms with Crippen LogP contribution in [0.2, 0.25) is 5.02 Å². The van der Waals surface area contributed by atoms with Gasteiger partial charge in [-0.1, -0.05) is 11.6 Å². The summed E-state index contributed by atoms with van der Waals surface area (Å²) in [5.41, 5.74) is -0.136.